The van der Waals surface area contributed by atoms with Crippen molar-refractivity contribution in [2.75, 3.05) is 6.61 Å². The predicted octanol–water partition coefficient (Wildman–Crippen LogP) is 0.213. The summed E-state index contributed by atoms with van der Waals surface area (Å²) in [4.78, 5) is 15.7. The Balaban J connectivity index is 2.75. The highest BCUT2D eigenvalue weighted by atomic mass is 16.3. The number of aromatic nitrogens is 3. The molecule has 16 heavy (non-hydrogen) atoms. The minimum absolute atomic E-state index is 0.102. The molecule has 0 spiro atoms. The fraction of sp³-hybridized carbons (Fsp3) is 0.700. The molecule has 0 fully saturated rings. The van der Waals surface area contributed by atoms with E-state index >= 15 is 0 Å². The molecule has 90 valence electrons. The van der Waals surface area contributed by atoms with E-state index in [0.29, 0.717) is 5.82 Å². The molecule has 1 amide bonds. The van der Waals surface area contributed by atoms with Crippen molar-refractivity contribution in [2.45, 2.75) is 39.2 Å². The zero-order valence-electron chi connectivity index (χ0n) is 10.0. The Morgan fingerprint density at radius 2 is 2.19 bits per heavy atom. The van der Waals surface area contributed by atoms with Gasteiger partial charge in [-0.15, -0.1) is 5.10 Å². The summed E-state index contributed by atoms with van der Waals surface area (Å²) in [6, 6.07) is -0.302. The lowest BCUT2D eigenvalue weighted by atomic mass is 9.96. The van der Waals surface area contributed by atoms with Crippen LogP contribution in [0.2, 0.25) is 0 Å². The standard InChI is InChI=1S/C10H18N4O2/c1-6(5-15)11-8(16)7-12-9(14-13-7)10(2,3)4/h6,15H,5H2,1-4H3,(H,11,16)(H,12,13,14)/t6-/m1/s1. The van der Waals surface area contributed by atoms with Crippen LogP contribution in [0.15, 0.2) is 0 Å². The Hall–Kier alpha value is -1.43. The van der Waals surface area contributed by atoms with Gasteiger partial charge in [0.1, 0.15) is 5.82 Å². The van der Waals surface area contributed by atoms with Gasteiger partial charge in [0.2, 0.25) is 5.82 Å². The van der Waals surface area contributed by atoms with Gasteiger partial charge in [-0.1, -0.05) is 20.8 Å². The second-order valence-corrected chi connectivity index (χ2v) is 4.81. The molecule has 1 aromatic heterocycles. The zero-order chi connectivity index (χ0) is 12.3. The van der Waals surface area contributed by atoms with E-state index in [-0.39, 0.29) is 29.8 Å². The molecule has 1 rings (SSSR count). The fourth-order valence-electron chi connectivity index (χ4n) is 1.03. The number of nitrogens with zero attached hydrogens (tertiary/aromatic N) is 2. The van der Waals surface area contributed by atoms with Crippen LogP contribution in [0.4, 0.5) is 0 Å². The number of aromatic amines is 1. The van der Waals surface area contributed by atoms with Crippen molar-refractivity contribution in [3.8, 4) is 0 Å². The third kappa shape index (κ3) is 3.03. The molecule has 1 aromatic rings. The van der Waals surface area contributed by atoms with Crippen LogP contribution >= 0.6 is 0 Å². The molecule has 0 aliphatic carbocycles. The van der Waals surface area contributed by atoms with Crippen molar-refractivity contribution >= 4 is 5.91 Å². The van der Waals surface area contributed by atoms with E-state index in [9.17, 15) is 4.79 Å². The molecule has 0 aromatic carbocycles. The first kappa shape index (κ1) is 12.6. The minimum atomic E-state index is -0.381. The van der Waals surface area contributed by atoms with Gasteiger partial charge < -0.3 is 10.4 Å². The first-order chi connectivity index (χ1) is 7.34. The highest BCUT2D eigenvalue weighted by molar-refractivity contribution is 5.90. The number of hydrogen-bond donors (Lipinski definition) is 3. The summed E-state index contributed by atoms with van der Waals surface area (Å²) in [7, 11) is 0. The molecule has 0 aliphatic rings. The lowest BCUT2D eigenvalue weighted by Crippen LogP contribution is -2.35. The van der Waals surface area contributed by atoms with Crippen molar-refractivity contribution < 1.29 is 9.90 Å². The normalized spacial score (nSPS) is 13.6. The molecular formula is C10H18N4O2. The maximum Gasteiger partial charge on any atom is 0.291 e. The molecule has 0 radical (unpaired) electrons. The van der Waals surface area contributed by atoms with Gasteiger partial charge in [-0.05, 0) is 6.92 Å². The summed E-state index contributed by atoms with van der Waals surface area (Å²) in [6.45, 7) is 7.53. The highest BCUT2D eigenvalue weighted by Gasteiger charge is 2.21. The second-order valence-electron chi connectivity index (χ2n) is 4.81. The van der Waals surface area contributed by atoms with Gasteiger partial charge in [-0.25, -0.2) is 4.98 Å². The molecule has 0 saturated carbocycles. The molecule has 0 saturated heterocycles. The quantitative estimate of drug-likeness (QED) is 0.687. The monoisotopic (exact) mass is 226 g/mol. The molecule has 0 aliphatic heterocycles. The maximum atomic E-state index is 11.6. The molecule has 0 unspecified atom stereocenters. The van der Waals surface area contributed by atoms with Crippen molar-refractivity contribution in [1.82, 2.24) is 20.5 Å². The number of H-pyrrole nitrogens is 1. The lowest BCUT2D eigenvalue weighted by Gasteiger charge is -2.13. The molecular weight excluding hydrogens is 208 g/mol. The number of rotatable bonds is 3. The summed E-state index contributed by atoms with van der Waals surface area (Å²) >= 11 is 0. The topological polar surface area (TPSA) is 90.9 Å². The molecule has 6 heteroatoms. The predicted molar refractivity (Wildman–Crippen MR) is 59.1 cm³/mol. The van der Waals surface area contributed by atoms with E-state index in [1.165, 1.54) is 0 Å². The Kier molecular flexibility index (Phi) is 3.64. The lowest BCUT2D eigenvalue weighted by molar-refractivity contribution is 0.0912. The summed E-state index contributed by atoms with van der Waals surface area (Å²) in [5.41, 5.74) is -0.172. The van der Waals surface area contributed by atoms with Crippen molar-refractivity contribution in [2.24, 2.45) is 0 Å². The van der Waals surface area contributed by atoms with E-state index in [2.05, 4.69) is 20.5 Å². The summed E-state index contributed by atoms with van der Waals surface area (Å²) < 4.78 is 0. The SMILES string of the molecule is C[C@H](CO)NC(=O)c1n[nH]c(C(C)(C)C)n1. The Bertz CT molecular complexity index is 367. The van der Waals surface area contributed by atoms with Crippen LogP contribution in [-0.2, 0) is 5.41 Å². The highest BCUT2D eigenvalue weighted by Crippen LogP contribution is 2.17. The average Bonchev–Trinajstić information content (AvgIpc) is 2.65. The number of carbonyl (C=O) groups is 1. The number of amides is 1. The molecule has 1 heterocycles. The largest absolute Gasteiger partial charge is 0.394 e. The fourth-order valence-corrected chi connectivity index (χ4v) is 1.03. The van der Waals surface area contributed by atoms with Gasteiger partial charge in [0, 0.05) is 11.5 Å². The van der Waals surface area contributed by atoms with Crippen LogP contribution in [0.25, 0.3) is 0 Å². The van der Waals surface area contributed by atoms with Crippen molar-refractivity contribution in [3.63, 3.8) is 0 Å². The molecule has 3 N–H and O–H groups in total. The van der Waals surface area contributed by atoms with E-state index < -0.39 is 0 Å². The Morgan fingerprint density at radius 1 is 1.56 bits per heavy atom. The molecule has 0 bridgehead atoms. The molecule has 6 nitrogen and oxygen atoms in total. The zero-order valence-corrected chi connectivity index (χ0v) is 10.0. The first-order valence-corrected chi connectivity index (χ1v) is 5.19. The third-order valence-corrected chi connectivity index (χ3v) is 2.05. The number of hydrogen-bond acceptors (Lipinski definition) is 4. The van der Waals surface area contributed by atoms with Crippen LogP contribution in [0.5, 0.6) is 0 Å². The summed E-state index contributed by atoms with van der Waals surface area (Å²) in [6.07, 6.45) is 0. The van der Waals surface area contributed by atoms with Crippen LogP contribution in [0, 0.1) is 0 Å². The van der Waals surface area contributed by atoms with Crippen molar-refractivity contribution in [1.29, 1.82) is 0 Å². The first-order valence-electron chi connectivity index (χ1n) is 5.19. The number of nitrogens with one attached hydrogen (secondary N) is 2. The number of aliphatic hydroxyl groups excluding tert-OH is 1. The Labute approximate surface area is 94.5 Å². The van der Waals surface area contributed by atoms with E-state index in [1.807, 2.05) is 20.8 Å². The van der Waals surface area contributed by atoms with Gasteiger partial charge in [-0.2, -0.15) is 0 Å². The van der Waals surface area contributed by atoms with Gasteiger partial charge in [0.05, 0.1) is 6.61 Å². The van der Waals surface area contributed by atoms with Gasteiger partial charge >= 0.3 is 0 Å². The average molecular weight is 226 g/mol. The van der Waals surface area contributed by atoms with Crippen LogP contribution in [0.1, 0.15) is 44.1 Å². The molecule has 1 atom stereocenters. The minimum Gasteiger partial charge on any atom is -0.394 e. The van der Waals surface area contributed by atoms with E-state index in [0.717, 1.165) is 0 Å². The van der Waals surface area contributed by atoms with E-state index in [1.54, 1.807) is 6.92 Å². The van der Waals surface area contributed by atoms with Gasteiger partial charge in [0.25, 0.3) is 5.91 Å². The van der Waals surface area contributed by atoms with E-state index in [4.69, 9.17) is 5.11 Å². The van der Waals surface area contributed by atoms with Crippen LogP contribution in [-0.4, -0.2) is 38.8 Å². The third-order valence-electron chi connectivity index (χ3n) is 2.05. The van der Waals surface area contributed by atoms with Gasteiger partial charge in [0.15, 0.2) is 0 Å². The second kappa shape index (κ2) is 4.61. The van der Waals surface area contributed by atoms with Crippen LogP contribution < -0.4 is 5.32 Å². The smallest absolute Gasteiger partial charge is 0.291 e. The summed E-state index contributed by atoms with van der Waals surface area (Å²) in [5, 5.41) is 18.0. The number of aliphatic hydroxyl groups is 1. The van der Waals surface area contributed by atoms with Gasteiger partial charge in [-0.3, -0.25) is 9.89 Å². The number of carbonyl (C=O) groups excluding carboxylic acids is 1. The van der Waals surface area contributed by atoms with Crippen molar-refractivity contribution in [3.05, 3.63) is 11.6 Å². The Morgan fingerprint density at radius 3 is 2.62 bits per heavy atom. The maximum absolute atomic E-state index is 11.6. The van der Waals surface area contributed by atoms with Crippen LogP contribution in [0.3, 0.4) is 0 Å². The summed E-state index contributed by atoms with van der Waals surface area (Å²) in [5.74, 6) is 0.382.